The molecule has 5 nitrogen and oxygen atoms in total. The molecule has 0 aromatic rings. The summed E-state index contributed by atoms with van der Waals surface area (Å²) in [5.74, 6) is -1.38. The Balaban J connectivity index is 3.65. The molecule has 0 aromatic heterocycles. The average molecular weight is 207 g/mol. The van der Waals surface area contributed by atoms with Crippen molar-refractivity contribution in [1.29, 1.82) is 0 Å². The third-order valence-electron chi connectivity index (χ3n) is 1.33. The number of ether oxygens (including phenoxy) is 2. The molecule has 82 valence electrons. The lowest BCUT2D eigenvalue weighted by Gasteiger charge is -2.11. The van der Waals surface area contributed by atoms with Crippen molar-refractivity contribution in [2.24, 2.45) is 0 Å². The number of halogens is 1. The highest BCUT2D eigenvalue weighted by Crippen LogP contribution is 1.98. The topological polar surface area (TPSA) is 64.6 Å². The average Bonchev–Trinajstić information content (AvgIpc) is 2.14. The molecule has 0 radical (unpaired) electrons. The van der Waals surface area contributed by atoms with Crippen molar-refractivity contribution < 1.29 is 23.5 Å². The lowest BCUT2D eigenvalue weighted by Crippen LogP contribution is -2.25. The summed E-state index contributed by atoms with van der Waals surface area (Å²) in [5.41, 5.74) is 0.951. The minimum absolute atomic E-state index is 0.155. The van der Waals surface area contributed by atoms with E-state index in [9.17, 15) is 14.1 Å². The molecule has 0 fully saturated rings. The SMILES string of the molecule is CCOCC(=O)OC(C)CC(=O)NF. The lowest BCUT2D eigenvalue weighted by molar-refractivity contribution is -0.154. The zero-order valence-corrected chi connectivity index (χ0v) is 8.21. The molecule has 0 bridgehead atoms. The fraction of sp³-hybridized carbons (Fsp3) is 0.750. The summed E-state index contributed by atoms with van der Waals surface area (Å²) in [5, 5.41) is 0. The van der Waals surface area contributed by atoms with Crippen LogP contribution < -0.4 is 5.54 Å². The number of esters is 1. The molecule has 0 spiro atoms. The standard InChI is InChI=1S/C8H14FNO4/c1-3-13-5-8(12)14-6(2)4-7(11)10-9/h6H,3-5H2,1-2H3,(H,10,11). The van der Waals surface area contributed by atoms with Crippen LogP contribution in [0.1, 0.15) is 20.3 Å². The van der Waals surface area contributed by atoms with Crippen molar-refractivity contribution in [3.8, 4) is 0 Å². The fourth-order valence-corrected chi connectivity index (χ4v) is 0.785. The van der Waals surface area contributed by atoms with Crippen molar-refractivity contribution in [2.45, 2.75) is 26.4 Å². The second kappa shape index (κ2) is 7.25. The number of hydrogen-bond acceptors (Lipinski definition) is 4. The van der Waals surface area contributed by atoms with E-state index in [1.807, 2.05) is 0 Å². The molecule has 1 unspecified atom stereocenters. The van der Waals surface area contributed by atoms with E-state index in [0.29, 0.717) is 6.61 Å². The van der Waals surface area contributed by atoms with Crippen molar-refractivity contribution >= 4 is 11.9 Å². The maximum Gasteiger partial charge on any atom is 0.332 e. The van der Waals surface area contributed by atoms with Gasteiger partial charge in [-0.3, -0.25) is 4.79 Å². The molecule has 1 N–H and O–H groups in total. The Morgan fingerprint density at radius 1 is 1.50 bits per heavy atom. The molecular weight excluding hydrogens is 193 g/mol. The third kappa shape index (κ3) is 6.36. The molecule has 6 heteroatoms. The number of amides is 1. The van der Waals surface area contributed by atoms with Crippen LogP contribution in [0.4, 0.5) is 4.48 Å². The third-order valence-corrected chi connectivity index (χ3v) is 1.33. The van der Waals surface area contributed by atoms with E-state index in [-0.39, 0.29) is 13.0 Å². The monoisotopic (exact) mass is 207 g/mol. The smallest absolute Gasteiger partial charge is 0.332 e. The summed E-state index contributed by atoms with van der Waals surface area (Å²) in [6, 6.07) is 0. The first-order valence-electron chi connectivity index (χ1n) is 4.26. The van der Waals surface area contributed by atoms with Gasteiger partial charge in [-0.15, -0.1) is 4.48 Å². The van der Waals surface area contributed by atoms with Gasteiger partial charge in [0.05, 0.1) is 6.42 Å². The van der Waals surface area contributed by atoms with Gasteiger partial charge in [0.1, 0.15) is 12.7 Å². The predicted molar refractivity (Wildman–Crippen MR) is 45.9 cm³/mol. The maximum absolute atomic E-state index is 11.5. The Morgan fingerprint density at radius 3 is 2.64 bits per heavy atom. The van der Waals surface area contributed by atoms with Gasteiger partial charge in [0.25, 0.3) is 5.91 Å². The van der Waals surface area contributed by atoms with Gasteiger partial charge in [0.2, 0.25) is 0 Å². The number of carbonyl (C=O) groups excluding carboxylic acids is 2. The van der Waals surface area contributed by atoms with Gasteiger partial charge >= 0.3 is 5.97 Å². The van der Waals surface area contributed by atoms with Crippen LogP contribution in [0.25, 0.3) is 0 Å². The van der Waals surface area contributed by atoms with E-state index >= 15 is 0 Å². The molecule has 0 aliphatic heterocycles. The van der Waals surface area contributed by atoms with E-state index in [4.69, 9.17) is 9.47 Å². The number of nitrogens with one attached hydrogen (secondary N) is 1. The highest BCUT2D eigenvalue weighted by Gasteiger charge is 2.13. The Labute approximate surface area is 81.5 Å². The summed E-state index contributed by atoms with van der Waals surface area (Å²) in [6.07, 6.45) is -0.854. The van der Waals surface area contributed by atoms with E-state index in [0.717, 1.165) is 5.54 Å². The van der Waals surface area contributed by atoms with Gasteiger partial charge in [0, 0.05) is 6.61 Å². The molecule has 1 atom stereocenters. The van der Waals surface area contributed by atoms with Crippen molar-refractivity contribution in [3.05, 3.63) is 0 Å². The Bertz CT molecular complexity index is 198. The van der Waals surface area contributed by atoms with Crippen LogP contribution in [0.5, 0.6) is 0 Å². The van der Waals surface area contributed by atoms with Gasteiger partial charge < -0.3 is 9.47 Å². The normalized spacial score (nSPS) is 11.9. The Kier molecular flexibility index (Phi) is 6.65. The van der Waals surface area contributed by atoms with Gasteiger partial charge in [-0.1, -0.05) is 0 Å². The van der Waals surface area contributed by atoms with Crippen LogP contribution in [0.2, 0.25) is 0 Å². The quantitative estimate of drug-likeness (QED) is 0.504. The molecule has 14 heavy (non-hydrogen) atoms. The van der Waals surface area contributed by atoms with E-state index in [1.165, 1.54) is 6.92 Å². The Morgan fingerprint density at radius 2 is 2.14 bits per heavy atom. The van der Waals surface area contributed by atoms with Crippen LogP contribution >= 0.6 is 0 Å². The Hall–Kier alpha value is -1.17. The van der Waals surface area contributed by atoms with E-state index < -0.39 is 18.0 Å². The summed E-state index contributed by atoms with van der Waals surface area (Å²) in [4.78, 5) is 21.4. The molecule has 0 aromatic carbocycles. The second-order valence-corrected chi connectivity index (χ2v) is 2.66. The molecule has 0 rings (SSSR count). The van der Waals surface area contributed by atoms with Crippen molar-refractivity contribution in [1.82, 2.24) is 5.54 Å². The number of carbonyl (C=O) groups is 2. The minimum atomic E-state index is -0.818. The largest absolute Gasteiger partial charge is 0.460 e. The molecule has 1 amide bonds. The highest BCUT2D eigenvalue weighted by atomic mass is 19.2. The molecule has 0 saturated heterocycles. The van der Waals surface area contributed by atoms with Crippen LogP contribution in [0, 0.1) is 0 Å². The summed E-state index contributed by atoms with van der Waals surface area (Å²) >= 11 is 0. The van der Waals surface area contributed by atoms with E-state index in [2.05, 4.69) is 0 Å². The first kappa shape index (κ1) is 12.8. The summed E-state index contributed by atoms with van der Waals surface area (Å²) in [7, 11) is 0. The van der Waals surface area contributed by atoms with E-state index in [1.54, 1.807) is 6.92 Å². The van der Waals surface area contributed by atoms with Crippen molar-refractivity contribution in [3.63, 3.8) is 0 Å². The summed E-state index contributed by atoms with van der Waals surface area (Å²) in [6.45, 7) is 3.50. The predicted octanol–water partition coefficient (Wildman–Crippen LogP) is 0.345. The maximum atomic E-state index is 11.5. The van der Waals surface area contributed by atoms with Gasteiger partial charge in [-0.05, 0) is 13.8 Å². The number of hydrogen-bond donors (Lipinski definition) is 1. The van der Waals surface area contributed by atoms with Crippen LogP contribution in [-0.2, 0) is 19.1 Å². The first-order chi connectivity index (χ1) is 6.60. The van der Waals surface area contributed by atoms with Gasteiger partial charge in [0.15, 0.2) is 0 Å². The lowest BCUT2D eigenvalue weighted by atomic mass is 10.3. The fourth-order valence-electron chi connectivity index (χ4n) is 0.785. The molecular formula is C8H14FNO4. The van der Waals surface area contributed by atoms with Crippen LogP contribution in [0.3, 0.4) is 0 Å². The van der Waals surface area contributed by atoms with Crippen LogP contribution in [0.15, 0.2) is 0 Å². The zero-order valence-electron chi connectivity index (χ0n) is 8.21. The highest BCUT2D eigenvalue weighted by molar-refractivity contribution is 5.76. The minimum Gasteiger partial charge on any atom is -0.460 e. The summed E-state index contributed by atoms with van der Waals surface area (Å²) < 4.78 is 21.0. The van der Waals surface area contributed by atoms with Gasteiger partial charge in [-0.2, -0.15) is 5.54 Å². The molecule has 0 heterocycles. The second-order valence-electron chi connectivity index (χ2n) is 2.66. The van der Waals surface area contributed by atoms with Crippen molar-refractivity contribution in [2.75, 3.05) is 13.2 Å². The number of rotatable bonds is 6. The van der Waals surface area contributed by atoms with Gasteiger partial charge in [-0.25, -0.2) is 4.79 Å². The molecule has 0 aliphatic rings. The zero-order chi connectivity index (χ0) is 11.0. The molecule has 0 saturated carbocycles. The van der Waals surface area contributed by atoms with Crippen LogP contribution in [-0.4, -0.2) is 31.2 Å². The first-order valence-corrected chi connectivity index (χ1v) is 4.26. The molecule has 0 aliphatic carbocycles.